The van der Waals surface area contributed by atoms with Crippen molar-refractivity contribution in [3.63, 3.8) is 0 Å². The van der Waals surface area contributed by atoms with Gasteiger partial charge in [-0.15, -0.1) is 0 Å². The maximum atomic E-state index is 12.9. The van der Waals surface area contributed by atoms with Gasteiger partial charge < -0.3 is 20.7 Å². The van der Waals surface area contributed by atoms with E-state index in [0.717, 1.165) is 5.56 Å². The van der Waals surface area contributed by atoms with Gasteiger partial charge in [-0.2, -0.15) is 0 Å². The first kappa shape index (κ1) is 26.5. The summed E-state index contributed by atoms with van der Waals surface area (Å²) in [5, 5.41) is 12.3. The number of ether oxygens (including phenoxy) is 1. The van der Waals surface area contributed by atoms with E-state index in [2.05, 4.69) is 26.0 Å². The number of carbonyl (C=O) groups excluding carboxylic acids is 3. The Balaban J connectivity index is 1.62. The molecule has 2 aromatic carbocycles. The highest BCUT2D eigenvalue weighted by atomic mass is 35.5. The summed E-state index contributed by atoms with van der Waals surface area (Å²) in [7, 11) is 1.27. The van der Waals surface area contributed by atoms with Gasteiger partial charge in [-0.3, -0.25) is 19.9 Å². The molecule has 3 atom stereocenters. The van der Waals surface area contributed by atoms with E-state index in [1.54, 1.807) is 36.4 Å². The molecular formula is C26H27Cl2N5O4. The summed E-state index contributed by atoms with van der Waals surface area (Å²) >= 11 is 12.7. The van der Waals surface area contributed by atoms with E-state index in [1.807, 2.05) is 18.2 Å². The van der Waals surface area contributed by atoms with Gasteiger partial charge in [-0.05, 0) is 42.7 Å². The summed E-state index contributed by atoms with van der Waals surface area (Å²) in [6, 6.07) is 11.2. The molecule has 2 aliphatic rings. The first-order valence-electron chi connectivity index (χ1n) is 11.8. The molecule has 0 saturated heterocycles. The maximum absolute atomic E-state index is 12.9. The standard InChI is InChI=1S/C26H27Cl2N5O4/c1-37-26(36)29-17-10-11-18-20(14-17)31-21(34)9-4-2-3-8-19(25-32-23(18)24(28)33-25)30-22(35)13-15-6-5-7-16(27)12-15/h2-3,5-7,10-12,14,19,23-24H,4,8-9,13H2,1H3,(H,29,36)(H,30,35)(H,31,34)(H,32,33)/b3-2+/t19-,23?,24?/m0/s1. The van der Waals surface area contributed by atoms with Crippen LogP contribution in [0.1, 0.15) is 36.4 Å². The topological polar surface area (TPSA) is 121 Å². The Hall–Kier alpha value is -3.56. The van der Waals surface area contributed by atoms with Crippen LogP contribution in [0, 0.1) is 0 Å². The predicted octanol–water partition coefficient (Wildman–Crippen LogP) is 4.53. The summed E-state index contributed by atoms with van der Waals surface area (Å²) in [6.07, 6.45) is 4.61. The number of nitrogens with one attached hydrogen (secondary N) is 4. The molecule has 4 N–H and O–H groups in total. The Bertz CT molecular complexity index is 1250. The van der Waals surface area contributed by atoms with Crippen molar-refractivity contribution in [2.45, 2.75) is 43.3 Å². The SMILES string of the molecule is COC(=O)Nc1ccc2c(c1)NC(=O)CC/C=C/C[C@H](NC(=O)Cc1cccc(Cl)c1)C1=NC2C(Cl)N1. The fourth-order valence-electron chi connectivity index (χ4n) is 4.15. The zero-order valence-electron chi connectivity index (χ0n) is 20.1. The van der Waals surface area contributed by atoms with Crippen molar-refractivity contribution in [1.82, 2.24) is 10.6 Å². The number of anilines is 2. The number of amidine groups is 1. The van der Waals surface area contributed by atoms with E-state index in [9.17, 15) is 14.4 Å². The fraction of sp³-hybridized carbons (Fsp3) is 0.308. The Morgan fingerprint density at radius 1 is 1.19 bits per heavy atom. The number of methoxy groups -OCH3 is 1. The molecule has 2 heterocycles. The third kappa shape index (κ3) is 7.02. The molecule has 2 aromatic rings. The molecule has 11 heteroatoms. The van der Waals surface area contributed by atoms with Crippen LogP contribution in [0.2, 0.25) is 5.02 Å². The lowest BCUT2D eigenvalue weighted by atomic mass is 10.0. The number of allylic oxidation sites excluding steroid dienone is 1. The molecule has 4 rings (SSSR count). The van der Waals surface area contributed by atoms with Crippen LogP contribution in [-0.4, -0.2) is 42.4 Å². The van der Waals surface area contributed by atoms with Crippen LogP contribution in [0.15, 0.2) is 59.6 Å². The van der Waals surface area contributed by atoms with Gasteiger partial charge >= 0.3 is 6.09 Å². The first-order chi connectivity index (χ1) is 17.8. The number of hydrogen-bond acceptors (Lipinski definition) is 6. The summed E-state index contributed by atoms with van der Waals surface area (Å²) in [4.78, 5) is 42.0. The van der Waals surface area contributed by atoms with E-state index in [-0.39, 0.29) is 24.7 Å². The average molecular weight is 544 g/mol. The summed E-state index contributed by atoms with van der Waals surface area (Å²) in [5.41, 5.74) is 1.77. The summed E-state index contributed by atoms with van der Waals surface area (Å²) in [6.45, 7) is 0. The van der Waals surface area contributed by atoms with Gasteiger partial charge in [-0.1, -0.05) is 53.6 Å². The number of hydrogen-bond donors (Lipinski definition) is 4. The Labute approximate surface area is 224 Å². The lowest BCUT2D eigenvalue weighted by molar-refractivity contribution is -0.120. The number of carbonyl (C=O) groups is 3. The number of aliphatic imine (C=N–C) groups is 1. The van der Waals surface area contributed by atoms with Gasteiger partial charge in [0.15, 0.2) is 0 Å². The second-order valence-corrected chi connectivity index (χ2v) is 9.55. The number of nitrogens with zero attached hydrogens (tertiary/aromatic N) is 1. The fourth-order valence-corrected chi connectivity index (χ4v) is 4.67. The van der Waals surface area contributed by atoms with Gasteiger partial charge in [0, 0.05) is 28.4 Å². The number of fused-ring (bicyclic) bond motifs is 3. The number of amides is 3. The van der Waals surface area contributed by atoms with Crippen LogP contribution in [0.5, 0.6) is 0 Å². The summed E-state index contributed by atoms with van der Waals surface area (Å²) in [5.74, 6) is 0.176. The molecule has 0 aliphatic carbocycles. The molecule has 0 radical (unpaired) electrons. The minimum absolute atomic E-state index is 0.166. The lowest BCUT2D eigenvalue weighted by Gasteiger charge is -2.19. The van der Waals surface area contributed by atoms with Crippen molar-refractivity contribution in [2.24, 2.45) is 4.99 Å². The largest absolute Gasteiger partial charge is 0.453 e. The van der Waals surface area contributed by atoms with Crippen LogP contribution in [0.4, 0.5) is 16.2 Å². The highest BCUT2D eigenvalue weighted by Gasteiger charge is 2.34. The van der Waals surface area contributed by atoms with Crippen molar-refractivity contribution in [2.75, 3.05) is 17.7 Å². The molecule has 2 unspecified atom stereocenters. The normalized spacial score (nSPS) is 22.0. The molecule has 2 aliphatic heterocycles. The quantitative estimate of drug-likeness (QED) is 0.256. The van der Waals surface area contributed by atoms with Crippen LogP contribution < -0.4 is 21.3 Å². The maximum Gasteiger partial charge on any atom is 0.411 e. The number of benzene rings is 2. The van der Waals surface area contributed by atoms with Crippen molar-refractivity contribution >= 4 is 58.3 Å². The minimum atomic E-state index is -0.629. The number of halogens is 2. The van der Waals surface area contributed by atoms with Gasteiger partial charge in [0.05, 0.1) is 19.6 Å². The number of rotatable bonds is 4. The van der Waals surface area contributed by atoms with Crippen molar-refractivity contribution in [3.05, 3.63) is 70.8 Å². The second kappa shape index (κ2) is 12.1. The molecule has 2 bridgehead atoms. The molecule has 0 fully saturated rings. The van der Waals surface area contributed by atoms with Crippen LogP contribution in [0.25, 0.3) is 0 Å². The third-order valence-corrected chi connectivity index (χ3v) is 6.50. The summed E-state index contributed by atoms with van der Waals surface area (Å²) < 4.78 is 4.66. The predicted molar refractivity (Wildman–Crippen MR) is 144 cm³/mol. The zero-order valence-corrected chi connectivity index (χ0v) is 21.6. The Morgan fingerprint density at radius 2 is 2.03 bits per heavy atom. The Morgan fingerprint density at radius 3 is 2.81 bits per heavy atom. The average Bonchev–Trinajstić information content (AvgIpc) is 3.24. The van der Waals surface area contributed by atoms with Gasteiger partial charge in [0.2, 0.25) is 11.8 Å². The smallest absolute Gasteiger partial charge is 0.411 e. The molecule has 0 saturated carbocycles. The lowest BCUT2D eigenvalue weighted by Crippen LogP contribution is -2.46. The third-order valence-electron chi connectivity index (χ3n) is 5.91. The highest BCUT2D eigenvalue weighted by molar-refractivity contribution is 6.30. The Kier molecular flexibility index (Phi) is 8.68. The second-order valence-electron chi connectivity index (χ2n) is 8.64. The van der Waals surface area contributed by atoms with Crippen molar-refractivity contribution < 1.29 is 19.1 Å². The number of alkyl halides is 1. The highest BCUT2D eigenvalue weighted by Crippen LogP contribution is 2.35. The minimum Gasteiger partial charge on any atom is -0.453 e. The molecular weight excluding hydrogens is 517 g/mol. The van der Waals surface area contributed by atoms with E-state index < -0.39 is 23.7 Å². The monoisotopic (exact) mass is 543 g/mol. The van der Waals surface area contributed by atoms with Gasteiger partial charge in [0.1, 0.15) is 17.4 Å². The molecule has 0 aromatic heterocycles. The molecule has 0 spiro atoms. The van der Waals surface area contributed by atoms with E-state index in [0.29, 0.717) is 40.6 Å². The van der Waals surface area contributed by atoms with Gasteiger partial charge in [0.25, 0.3) is 0 Å². The molecule has 194 valence electrons. The van der Waals surface area contributed by atoms with E-state index >= 15 is 0 Å². The van der Waals surface area contributed by atoms with Crippen molar-refractivity contribution in [3.8, 4) is 0 Å². The van der Waals surface area contributed by atoms with Crippen LogP contribution in [0.3, 0.4) is 0 Å². The molecule has 3 amide bonds. The van der Waals surface area contributed by atoms with Gasteiger partial charge in [-0.25, -0.2) is 4.79 Å². The van der Waals surface area contributed by atoms with E-state index in [4.69, 9.17) is 28.2 Å². The zero-order chi connectivity index (χ0) is 26.4. The first-order valence-corrected chi connectivity index (χ1v) is 12.6. The van der Waals surface area contributed by atoms with E-state index in [1.165, 1.54) is 7.11 Å². The molecule has 9 nitrogen and oxygen atoms in total. The van der Waals surface area contributed by atoms with Crippen molar-refractivity contribution in [1.29, 1.82) is 0 Å². The van der Waals surface area contributed by atoms with Crippen LogP contribution >= 0.6 is 23.2 Å². The molecule has 37 heavy (non-hydrogen) atoms. The van der Waals surface area contributed by atoms with Crippen LogP contribution in [-0.2, 0) is 20.7 Å².